The third-order valence-electron chi connectivity index (χ3n) is 4.94. The second kappa shape index (κ2) is 6.02. The zero-order valence-electron chi connectivity index (χ0n) is 13.0. The van der Waals surface area contributed by atoms with Gasteiger partial charge in [-0.15, -0.1) is 0 Å². The number of nitrogens with zero attached hydrogens (tertiary/aromatic N) is 2. The summed E-state index contributed by atoms with van der Waals surface area (Å²) in [6, 6.07) is 8.85. The van der Waals surface area contributed by atoms with Gasteiger partial charge >= 0.3 is 0 Å². The summed E-state index contributed by atoms with van der Waals surface area (Å²) >= 11 is 0. The van der Waals surface area contributed by atoms with E-state index < -0.39 is 0 Å². The van der Waals surface area contributed by atoms with Crippen LogP contribution in [0.15, 0.2) is 30.5 Å². The van der Waals surface area contributed by atoms with Crippen LogP contribution in [0.5, 0.6) is 0 Å². The number of nitrogens with two attached hydrogens (primary N) is 1. The van der Waals surface area contributed by atoms with E-state index in [2.05, 4.69) is 36.0 Å². The molecule has 2 N–H and O–H groups in total. The van der Waals surface area contributed by atoms with Crippen molar-refractivity contribution in [3.8, 4) is 0 Å². The van der Waals surface area contributed by atoms with Crippen molar-refractivity contribution in [3.63, 3.8) is 0 Å². The molecule has 1 aromatic carbocycles. The smallest absolute Gasteiger partial charge is 0.0767 e. The van der Waals surface area contributed by atoms with E-state index >= 15 is 0 Å². The number of aromatic nitrogens is 1. The molecule has 0 aliphatic heterocycles. The summed E-state index contributed by atoms with van der Waals surface area (Å²) in [6.07, 6.45) is 7.28. The van der Waals surface area contributed by atoms with Crippen molar-refractivity contribution in [2.24, 2.45) is 5.92 Å². The van der Waals surface area contributed by atoms with Crippen molar-refractivity contribution in [3.05, 3.63) is 36.0 Å². The van der Waals surface area contributed by atoms with Crippen molar-refractivity contribution in [2.45, 2.75) is 45.2 Å². The van der Waals surface area contributed by atoms with Gasteiger partial charge in [-0.25, -0.2) is 0 Å². The van der Waals surface area contributed by atoms with Crippen LogP contribution >= 0.6 is 0 Å². The summed E-state index contributed by atoms with van der Waals surface area (Å²) in [6.45, 7) is 3.34. The predicted molar refractivity (Wildman–Crippen MR) is 89.0 cm³/mol. The van der Waals surface area contributed by atoms with Crippen molar-refractivity contribution in [1.29, 1.82) is 0 Å². The maximum absolute atomic E-state index is 6.07. The zero-order chi connectivity index (χ0) is 14.8. The van der Waals surface area contributed by atoms with Gasteiger partial charge in [0.2, 0.25) is 0 Å². The second-order valence-electron chi connectivity index (χ2n) is 6.46. The van der Waals surface area contributed by atoms with E-state index in [0.29, 0.717) is 6.04 Å². The van der Waals surface area contributed by atoms with E-state index in [-0.39, 0.29) is 0 Å². The van der Waals surface area contributed by atoms with Crippen LogP contribution in [-0.4, -0.2) is 23.0 Å². The molecule has 1 aliphatic rings. The molecular formula is C18H25N3. The Kier molecular flexibility index (Phi) is 4.11. The molecule has 1 aromatic heterocycles. The van der Waals surface area contributed by atoms with E-state index in [1.54, 1.807) is 0 Å². The highest BCUT2D eigenvalue weighted by molar-refractivity contribution is 5.92. The minimum atomic E-state index is 0.690. The lowest BCUT2D eigenvalue weighted by molar-refractivity contribution is 0.133. The molecule has 3 nitrogen and oxygen atoms in total. The molecule has 1 aliphatic carbocycles. The number of pyridine rings is 1. The second-order valence-corrected chi connectivity index (χ2v) is 6.46. The number of benzene rings is 1. The van der Waals surface area contributed by atoms with Crippen LogP contribution < -0.4 is 5.73 Å². The van der Waals surface area contributed by atoms with E-state index in [1.165, 1.54) is 31.2 Å². The number of nitrogen functional groups attached to an aromatic ring is 1. The summed E-state index contributed by atoms with van der Waals surface area (Å²) in [5.74, 6) is 0.789. The fourth-order valence-electron chi connectivity index (χ4n) is 3.72. The highest BCUT2D eigenvalue weighted by Gasteiger charge is 2.25. The van der Waals surface area contributed by atoms with E-state index in [9.17, 15) is 0 Å². The molecule has 112 valence electrons. The largest absolute Gasteiger partial charge is 0.398 e. The molecule has 1 heterocycles. The Bertz CT molecular complexity index is 623. The number of fused-ring (bicyclic) bond motifs is 1. The van der Waals surface area contributed by atoms with Gasteiger partial charge in [0.1, 0.15) is 0 Å². The first-order chi connectivity index (χ1) is 10.2. The number of hydrogen-bond donors (Lipinski definition) is 1. The monoisotopic (exact) mass is 283 g/mol. The number of anilines is 1. The van der Waals surface area contributed by atoms with E-state index in [1.807, 2.05) is 18.3 Å². The Morgan fingerprint density at radius 3 is 2.86 bits per heavy atom. The fraction of sp³-hybridized carbons (Fsp3) is 0.500. The first-order valence-corrected chi connectivity index (χ1v) is 7.99. The summed E-state index contributed by atoms with van der Waals surface area (Å²) < 4.78 is 0. The molecule has 3 heteroatoms. The van der Waals surface area contributed by atoms with Gasteiger partial charge in [0.05, 0.1) is 5.52 Å². The average Bonchev–Trinajstić information content (AvgIpc) is 2.51. The Hall–Kier alpha value is -1.61. The molecule has 0 saturated heterocycles. The summed E-state index contributed by atoms with van der Waals surface area (Å²) in [4.78, 5) is 7.06. The van der Waals surface area contributed by atoms with Gasteiger partial charge in [-0.2, -0.15) is 0 Å². The maximum Gasteiger partial charge on any atom is 0.0767 e. The van der Waals surface area contributed by atoms with Crippen LogP contribution in [0.4, 0.5) is 5.69 Å². The standard InChI is InChI=1S/C18H25N3/c1-13-6-3-4-8-17(13)21(2)12-14-9-10-16(19)15-7-5-11-20-18(14)15/h5,7,9-11,13,17H,3-4,6,8,12,19H2,1-2H3. The van der Waals surface area contributed by atoms with Gasteiger partial charge in [-0.1, -0.05) is 25.8 Å². The van der Waals surface area contributed by atoms with E-state index in [0.717, 1.165) is 29.1 Å². The van der Waals surface area contributed by atoms with Gasteiger partial charge < -0.3 is 5.73 Å². The van der Waals surface area contributed by atoms with E-state index in [4.69, 9.17) is 5.73 Å². The van der Waals surface area contributed by atoms with Gasteiger partial charge in [0, 0.05) is 29.9 Å². The fourth-order valence-corrected chi connectivity index (χ4v) is 3.72. The van der Waals surface area contributed by atoms with Gasteiger partial charge in [0.25, 0.3) is 0 Å². The van der Waals surface area contributed by atoms with Gasteiger partial charge in [-0.05, 0) is 49.6 Å². The molecule has 1 fully saturated rings. The molecule has 2 aromatic rings. The Morgan fingerprint density at radius 1 is 1.24 bits per heavy atom. The Labute approximate surface area is 127 Å². The highest BCUT2D eigenvalue weighted by Crippen LogP contribution is 2.29. The molecule has 0 bridgehead atoms. The quantitative estimate of drug-likeness (QED) is 0.871. The highest BCUT2D eigenvalue weighted by atomic mass is 15.1. The first-order valence-electron chi connectivity index (χ1n) is 7.99. The Balaban J connectivity index is 1.86. The third kappa shape index (κ3) is 2.88. The molecule has 3 rings (SSSR count). The van der Waals surface area contributed by atoms with Crippen LogP contribution in [0.25, 0.3) is 10.9 Å². The maximum atomic E-state index is 6.07. The number of rotatable bonds is 3. The molecule has 21 heavy (non-hydrogen) atoms. The first kappa shape index (κ1) is 14.3. The molecule has 0 amide bonds. The van der Waals surface area contributed by atoms with Crippen LogP contribution in [-0.2, 0) is 6.54 Å². The third-order valence-corrected chi connectivity index (χ3v) is 4.94. The summed E-state index contributed by atoms with van der Waals surface area (Å²) in [5.41, 5.74) is 9.21. The normalized spacial score (nSPS) is 22.8. The van der Waals surface area contributed by atoms with Crippen LogP contribution in [0.1, 0.15) is 38.2 Å². The molecule has 1 saturated carbocycles. The lowest BCUT2D eigenvalue weighted by Crippen LogP contribution is -2.38. The molecular weight excluding hydrogens is 258 g/mol. The SMILES string of the molecule is CC1CCCCC1N(C)Cc1ccc(N)c2cccnc12. The minimum Gasteiger partial charge on any atom is -0.398 e. The van der Waals surface area contributed by atoms with Crippen LogP contribution in [0.2, 0.25) is 0 Å². The van der Waals surface area contributed by atoms with Crippen molar-refractivity contribution in [1.82, 2.24) is 9.88 Å². The minimum absolute atomic E-state index is 0.690. The zero-order valence-corrected chi connectivity index (χ0v) is 13.0. The Morgan fingerprint density at radius 2 is 2.05 bits per heavy atom. The molecule has 0 spiro atoms. The van der Waals surface area contributed by atoms with Crippen molar-refractivity contribution < 1.29 is 0 Å². The lowest BCUT2D eigenvalue weighted by atomic mass is 9.85. The van der Waals surface area contributed by atoms with Crippen molar-refractivity contribution in [2.75, 3.05) is 12.8 Å². The van der Waals surface area contributed by atoms with Crippen LogP contribution in [0.3, 0.4) is 0 Å². The average molecular weight is 283 g/mol. The summed E-state index contributed by atoms with van der Waals surface area (Å²) in [7, 11) is 2.25. The predicted octanol–water partition coefficient (Wildman–Crippen LogP) is 3.83. The molecule has 2 unspecified atom stereocenters. The topological polar surface area (TPSA) is 42.1 Å². The molecule has 2 atom stereocenters. The molecule has 0 radical (unpaired) electrons. The summed E-state index contributed by atoms with van der Waals surface area (Å²) in [5, 5.41) is 1.07. The number of hydrogen-bond acceptors (Lipinski definition) is 3. The van der Waals surface area contributed by atoms with Gasteiger partial charge in [-0.3, -0.25) is 9.88 Å². The van der Waals surface area contributed by atoms with Crippen molar-refractivity contribution >= 4 is 16.6 Å². The van der Waals surface area contributed by atoms with Gasteiger partial charge in [0.15, 0.2) is 0 Å². The van der Waals surface area contributed by atoms with Crippen LogP contribution in [0, 0.1) is 5.92 Å². The lowest BCUT2D eigenvalue weighted by Gasteiger charge is -2.36.